The molecule has 1 N–H and O–H groups in total. The summed E-state index contributed by atoms with van der Waals surface area (Å²) in [5.41, 5.74) is 0. The summed E-state index contributed by atoms with van der Waals surface area (Å²) in [6, 6.07) is 0. The molecule has 0 aromatic heterocycles. The van der Waals surface area contributed by atoms with E-state index in [2.05, 4.69) is 10.1 Å². The number of carbonyl (C=O) groups is 3. The molecule has 92 valence electrons. The lowest BCUT2D eigenvalue weighted by Gasteiger charge is -2.15. The van der Waals surface area contributed by atoms with Crippen molar-refractivity contribution < 1.29 is 19.1 Å². The fraction of sp³-hybridized carbons (Fsp3) is 0.700. The first-order valence-corrected chi connectivity index (χ1v) is 5.11. The second-order valence-corrected chi connectivity index (χ2v) is 3.23. The largest absolute Gasteiger partial charge is 0.466 e. The molecule has 0 saturated carbocycles. The van der Waals surface area contributed by atoms with Crippen LogP contribution in [0.25, 0.3) is 0 Å². The topological polar surface area (TPSA) is 75.7 Å². The summed E-state index contributed by atoms with van der Waals surface area (Å²) in [6.45, 7) is 2.01. The predicted molar refractivity (Wildman–Crippen MR) is 57.6 cm³/mol. The van der Waals surface area contributed by atoms with Crippen LogP contribution in [0.1, 0.15) is 19.8 Å². The van der Waals surface area contributed by atoms with Crippen LogP contribution < -0.4 is 5.32 Å². The molecule has 0 aliphatic rings. The summed E-state index contributed by atoms with van der Waals surface area (Å²) in [5, 5.41) is 2.41. The van der Waals surface area contributed by atoms with Crippen molar-refractivity contribution in [2.75, 3.05) is 27.2 Å². The number of likely N-dealkylation sites (N-methyl/N-ethyl adjacent to an activating group) is 2. The van der Waals surface area contributed by atoms with Crippen molar-refractivity contribution in [3.8, 4) is 0 Å². The summed E-state index contributed by atoms with van der Waals surface area (Å²) >= 11 is 0. The number of carbonyl (C=O) groups excluding carboxylic acids is 3. The second kappa shape index (κ2) is 7.67. The van der Waals surface area contributed by atoms with Crippen molar-refractivity contribution in [1.29, 1.82) is 0 Å². The monoisotopic (exact) mass is 230 g/mol. The average Bonchev–Trinajstić information content (AvgIpc) is 2.25. The number of esters is 1. The van der Waals surface area contributed by atoms with Gasteiger partial charge in [0.15, 0.2) is 0 Å². The van der Waals surface area contributed by atoms with Gasteiger partial charge in [0.1, 0.15) is 0 Å². The van der Waals surface area contributed by atoms with Crippen LogP contribution in [0.15, 0.2) is 0 Å². The van der Waals surface area contributed by atoms with Crippen molar-refractivity contribution in [3.63, 3.8) is 0 Å². The summed E-state index contributed by atoms with van der Waals surface area (Å²) in [5.74, 6) is -0.896. The van der Waals surface area contributed by atoms with Gasteiger partial charge in [-0.2, -0.15) is 0 Å². The third-order valence-electron chi connectivity index (χ3n) is 1.93. The van der Waals surface area contributed by atoms with Crippen LogP contribution in [0, 0.1) is 0 Å². The third-order valence-corrected chi connectivity index (χ3v) is 1.93. The molecule has 0 rings (SSSR count). The molecule has 0 atom stereocenters. The Morgan fingerprint density at radius 3 is 2.38 bits per heavy atom. The van der Waals surface area contributed by atoms with Crippen molar-refractivity contribution in [3.05, 3.63) is 0 Å². The zero-order valence-corrected chi connectivity index (χ0v) is 9.91. The minimum atomic E-state index is -0.399. The van der Waals surface area contributed by atoms with Gasteiger partial charge >= 0.3 is 5.97 Å². The quantitative estimate of drug-likeness (QED) is 0.626. The van der Waals surface area contributed by atoms with E-state index >= 15 is 0 Å². The van der Waals surface area contributed by atoms with Crippen LogP contribution in [-0.4, -0.2) is 49.9 Å². The van der Waals surface area contributed by atoms with Gasteiger partial charge in [0, 0.05) is 20.5 Å². The Morgan fingerprint density at radius 1 is 1.25 bits per heavy atom. The molecule has 6 heteroatoms. The van der Waals surface area contributed by atoms with Crippen LogP contribution in [-0.2, 0) is 19.1 Å². The van der Waals surface area contributed by atoms with E-state index in [1.165, 1.54) is 19.0 Å². The molecule has 0 fully saturated rings. The summed E-state index contributed by atoms with van der Waals surface area (Å²) < 4.78 is 4.69. The predicted octanol–water partition coefficient (Wildman–Crippen LogP) is -0.466. The maximum absolute atomic E-state index is 11.4. The Kier molecular flexibility index (Phi) is 6.91. The highest BCUT2D eigenvalue weighted by Gasteiger charge is 2.13. The van der Waals surface area contributed by atoms with Crippen LogP contribution in [0.4, 0.5) is 0 Å². The van der Waals surface area contributed by atoms with E-state index in [-0.39, 0.29) is 31.2 Å². The minimum Gasteiger partial charge on any atom is -0.466 e. The van der Waals surface area contributed by atoms with E-state index in [1.807, 2.05) is 0 Å². The van der Waals surface area contributed by atoms with E-state index in [9.17, 15) is 14.4 Å². The number of nitrogens with zero attached hydrogens (tertiary/aromatic N) is 1. The Labute approximate surface area is 94.9 Å². The molecule has 0 spiro atoms. The number of ether oxygens (including phenoxy) is 1. The Balaban J connectivity index is 3.87. The molecule has 0 aliphatic carbocycles. The number of amides is 2. The van der Waals surface area contributed by atoms with Gasteiger partial charge in [0.2, 0.25) is 11.8 Å². The Morgan fingerprint density at radius 2 is 1.88 bits per heavy atom. The van der Waals surface area contributed by atoms with E-state index in [4.69, 9.17) is 0 Å². The molecule has 0 radical (unpaired) electrons. The van der Waals surface area contributed by atoms with Gasteiger partial charge in [-0.05, 0) is 6.92 Å². The lowest BCUT2D eigenvalue weighted by molar-refractivity contribution is -0.145. The van der Waals surface area contributed by atoms with Gasteiger partial charge in [-0.15, -0.1) is 0 Å². The van der Waals surface area contributed by atoms with Gasteiger partial charge < -0.3 is 15.0 Å². The Hall–Kier alpha value is -1.59. The number of nitrogens with one attached hydrogen (secondary N) is 1. The normalized spacial score (nSPS) is 9.44. The zero-order valence-electron chi connectivity index (χ0n) is 9.91. The molecule has 0 bridgehead atoms. The highest BCUT2D eigenvalue weighted by atomic mass is 16.5. The van der Waals surface area contributed by atoms with Gasteiger partial charge in [0.05, 0.1) is 19.6 Å². The van der Waals surface area contributed by atoms with E-state index in [0.717, 1.165) is 0 Å². The van der Waals surface area contributed by atoms with Gasteiger partial charge in [-0.3, -0.25) is 14.4 Å². The fourth-order valence-corrected chi connectivity index (χ4v) is 1.02. The molecule has 0 aromatic rings. The summed E-state index contributed by atoms with van der Waals surface area (Å²) in [6.07, 6.45) is 0.108. The molecule has 2 amide bonds. The molecule has 0 aromatic carbocycles. The summed E-state index contributed by atoms with van der Waals surface area (Å²) in [4.78, 5) is 34.7. The van der Waals surface area contributed by atoms with Crippen molar-refractivity contribution in [2.45, 2.75) is 19.8 Å². The highest BCUT2D eigenvalue weighted by Crippen LogP contribution is 1.97. The summed E-state index contributed by atoms with van der Waals surface area (Å²) in [7, 11) is 3.02. The van der Waals surface area contributed by atoms with E-state index in [1.54, 1.807) is 6.92 Å². The SMILES string of the molecule is CCOC(=O)CCC(=O)N(C)CC(=O)NC. The first-order chi connectivity index (χ1) is 7.51. The second-order valence-electron chi connectivity index (χ2n) is 3.23. The zero-order chi connectivity index (χ0) is 12.6. The van der Waals surface area contributed by atoms with Gasteiger partial charge in [0.25, 0.3) is 0 Å². The van der Waals surface area contributed by atoms with Crippen LogP contribution in [0.3, 0.4) is 0 Å². The molecular weight excluding hydrogens is 212 g/mol. The first-order valence-electron chi connectivity index (χ1n) is 5.11. The molecule has 6 nitrogen and oxygen atoms in total. The fourth-order valence-electron chi connectivity index (χ4n) is 1.02. The van der Waals surface area contributed by atoms with Crippen LogP contribution >= 0.6 is 0 Å². The molecular formula is C10H18N2O4. The number of rotatable bonds is 6. The van der Waals surface area contributed by atoms with Crippen LogP contribution in [0.5, 0.6) is 0 Å². The van der Waals surface area contributed by atoms with Gasteiger partial charge in [-0.1, -0.05) is 0 Å². The lowest BCUT2D eigenvalue weighted by Crippen LogP contribution is -2.37. The Bertz CT molecular complexity index is 266. The number of hydrogen-bond acceptors (Lipinski definition) is 4. The average molecular weight is 230 g/mol. The molecule has 0 saturated heterocycles. The maximum atomic E-state index is 11.4. The molecule has 0 unspecified atom stereocenters. The highest BCUT2D eigenvalue weighted by molar-refractivity contribution is 5.86. The van der Waals surface area contributed by atoms with E-state index < -0.39 is 5.97 Å². The smallest absolute Gasteiger partial charge is 0.306 e. The lowest BCUT2D eigenvalue weighted by atomic mass is 10.3. The van der Waals surface area contributed by atoms with Crippen molar-refractivity contribution in [1.82, 2.24) is 10.2 Å². The molecule has 0 heterocycles. The van der Waals surface area contributed by atoms with Gasteiger partial charge in [-0.25, -0.2) is 0 Å². The first kappa shape index (κ1) is 14.4. The molecule has 0 aliphatic heterocycles. The van der Waals surface area contributed by atoms with Crippen LogP contribution in [0.2, 0.25) is 0 Å². The maximum Gasteiger partial charge on any atom is 0.306 e. The minimum absolute atomic E-state index is 0.00183. The standard InChI is InChI=1S/C10H18N2O4/c1-4-16-10(15)6-5-9(14)12(3)7-8(13)11-2/h4-7H2,1-3H3,(H,11,13). The van der Waals surface area contributed by atoms with Crippen molar-refractivity contribution >= 4 is 17.8 Å². The number of hydrogen-bond donors (Lipinski definition) is 1. The van der Waals surface area contributed by atoms with E-state index in [0.29, 0.717) is 6.61 Å². The third kappa shape index (κ3) is 6.00. The van der Waals surface area contributed by atoms with Crippen molar-refractivity contribution in [2.24, 2.45) is 0 Å². The molecule has 16 heavy (non-hydrogen) atoms.